The molecule has 0 bridgehead atoms. The third kappa shape index (κ3) is 2.98. The molecule has 2 aromatic rings. The van der Waals surface area contributed by atoms with Crippen molar-refractivity contribution in [1.29, 1.82) is 0 Å². The fourth-order valence-corrected chi connectivity index (χ4v) is 6.02. The summed E-state index contributed by atoms with van der Waals surface area (Å²) in [5.74, 6) is -0.271. The van der Waals surface area contributed by atoms with Crippen LogP contribution >= 0.6 is 11.3 Å². The predicted molar refractivity (Wildman–Crippen MR) is 90.8 cm³/mol. The van der Waals surface area contributed by atoms with Crippen molar-refractivity contribution in [3.05, 3.63) is 35.1 Å². The Morgan fingerprint density at radius 3 is 2.71 bits per heavy atom. The van der Waals surface area contributed by atoms with E-state index >= 15 is 0 Å². The quantitative estimate of drug-likeness (QED) is 0.833. The van der Waals surface area contributed by atoms with Crippen LogP contribution in [-0.2, 0) is 10.0 Å². The Morgan fingerprint density at radius 1 is 1.17 bits per heavy atom. The first kappa shape index (κ1) is 16.1. The van der Waals surface area contributed by atoms with Crippen molar-refractivity contribution >= 4 is 21.4 Å². The van der Waals surface area contributed by atoms with Crippen molar-refractivity contribution in [2.24, 2.45) is 0 Å². The van der Waals surface area contributed by atoms with Crippen molar-refractivity contribution in [3.63, 3.8) is 0 Å². The molecule has 128 valence electrons. The Balaban J connectivity index is 1.55. The van der Waals surface area contributed by atoms with Gasteiger partial charge in [0.2, 0.25) is 10.0 Å². The van der Waals surface area contributed by atoms with E-state index in [0.717, 1.165) is 30.7 Å². The molecule has 0 N–H and O–H groups in total. The van der Waals surface area contributed by atoms with Crippen LogP contribution in [0.5, 0.6) is 0 Å². The van der Waals surface area contributed by atoms with Crippen LogP contribution in [0.3, 0.4) is 0 Å². The molecule has 1 aliphatic carbocycles. The number of aromatic nitrogens is 2. The molecular formula is C16H18FN3O2S2. The van der Waals surface area contributed by atoms with Gasteiger partial charge in [0, 0.05) is 24.6 Å². The summed E-state index contributed by atoms with van der Waals surface area (Å²) < 4.78 is 40.4. The summed E-state index contributed by atoms with van der Waals surface area (Å²) in [6.07, 6.45) is 3.27. The Morgan fingerprint density at radius 2 is 1.96 bits per heavy atom. The van der Waals surface area contributed by atoms with Crippen LogP contribution < -0.4 is 0 Å². The summed E-state index contributed by atoms with van der Waals surface area (Å²) in [6.45, 7) is 1.05. The first-order valence-corrected chi connectivity index (χ1v) is 10.4. The third-order valence-electron chi connectivity index (χ3n) is 4.58. The molecule has 1 unspecified atom stereocenters. The van der Waals surface area contributed by atoms with E-state index in [9.17, 15) is 12.8 Å². The molecule has 24 heavy (non-hydrogen) atoms. The average Bonchev–Trinajstić information content (AvgIpc) is 3.34. The summed E-state index contributed by atoms with van der Waals surface area (Å²) in [5, 5.41) is 9.49. The lowest BCUT2D eigenvalue weighted by Gasteiger charge is -2.30. The average molecular weight is 367 g/mol. The second kappa shape index (κ2) is 6.16. The van der Waals surface area contributed by atoms with Crippen LogP contribution in [0.25, 0.3) is 10.6 Å². The highest BCUT2D eigenvalue weighted by Crippen LogP contribution is 2.37. The fraction of sp³-hybridized carbons (Fsp3) is 0.500. The largest absolute Gasteiger partial charge is 0.217 e. The van der Waals surface area contributed by atoms with Gasteiger partial charge in [0.25, 0.3) is 0 Å². The number of piperidine rings is 1. The van der Waals surface area contributed by atoms with Gasteiger partial charge in [-0.3, -0.25) is 0 Å². The molecule has 4 rings (SSSR count). The maximum Gasteiger partial charge on any atom is 0.217 e. The van der Waals surface area contributed by atoms with Crippen molar-refractivity contribution in [1.82, 2.24) is 14.5 Å². The summed E-state index contributed by atoms with van der Waals surface area (Å²) in [5.41, 5.74) is 0.444. The standard InChI is InChI=1S/C16H18FN3O2S2/c17-14-6-2-1-5-13(14)16-19-18-15(23-16)11-4-3-9-20(10-11)24(21,22)12-7-8-12/h1-2,5-6,11-12H,3-4,7-10H2. The highest BCUT2D eigenvalue weighted by molar-refractivity contribution is 7.90. The lowest BCUT2D eigenvalue weighted by molar-refractivity contribution is 0.314. The molecule has 1 aromatic carbocycles. The van der Waals surface area contributed by atoms with E-state index in [1.54, 1.807) is 22.5 Å². The number of rotatable bonds is 4. The van der Waals surface area contributed by atoms with E-state index in [1.165, 1.54) is 17.4 Å². The van der Waals surface area contributed by atoms with E-state index in [2.05, 4.69) is 10.2 Å². The minimum atomic E-state index is -3.15. The molecule has 1 aliphatic heterocycles. The van der Waals surface area contributed by atoms with Gasteiger partial charge in [-0.25, -0.2) is 17.1 Å². The van der Waals surface area contributed by atoms with E-state index in [0.29, 0.717) is 23.7 Å². The van der Waals surface area contributed by atoms with Gasteiger partial charge >= 0.3 is 0 Å². The van der Waals surface area contributed by atoms with Gasteiger partial charge in [0.1, 0.15) is 10.8 Å². The number of halogens is 1. The normalized spacial score (nSPS) is 22.6. The zero-order valence-electron chi connectivity index (χ0n) is 13.1. The van der Waals surface area contributed by atoms with Crippen molar-refractivity contribution in [2.75, 3.05) is 13.1 Å². The highest BCUT2D eigenvalue weighted by atomic mass is 32.2. The summed E-state index contributed by atoms with van der Waals surface area (Å²) >= 11 is 1.36. The first-order valence-electron chi connectivity index (χ1n) is 8.13. The van der Waals surface area contributed by atoms with Gasteiger partial charge in [-0.1, -0.05) is 23.5 Å². The van der Waals surface area contributed by atoms with Gasteiger partial charge in [0.15, 0.2) is 5.01 Å². The van der Waals surface area contributed by atoms with Crippen LogP contribution in [0.1, 0.15) is 36.6 Å². The number of sulfonamides is 1. The topological polar surface area (TPSA) is 63.2 Å². The van der Waals surface area contributed by atoms with E-state index in [1.807, 2.05) is 0 Å². The highest BCUT2D eigenvalue weighted by Gasteiger charge is 2.42. The smallest absolute Gasteiger partial charge is 0.212 e. The summed E-state index contributed by atoms with van der Waals surface area (Å²) in [7, 11) is -3.15. The number of nitrogens with zero attached hydrogens (tertiary/aromatic N) is 3. The predicted octanol–water partition coefficient (Wildman–Crippen LogP) is 3.02. The molecule has 1 atom stereocenters. The molecule has 0 amide bonds. The summed E-state index contributed by atoms with van der Waals surface area (Å²) in [4.78, 5) is 0. The molecule has 2 aliphatic rings. The second-order valence-corrected chi connectivity index (χ2v) is 9.59. The minimum absolute atomic E-state index is 0.0466. The molecule has 2 fully saturated rings. The number of benzene rings is 1. The Bertz CT molecular complexity index is 849. The molecule has 2 heterocycles. The van der Waals surface area contributed by atoms with Crippen LogP contribution in [-0.4, -0.2) is 41.3 Å². The van der Waals surface area contributed by atoms with Gasteiger partial charge in [0.05, 0.1) is 5.25 Å². The zero-order chi connectivity index (χ0) is 16.7. The molecule has 0 radical (unpaired) electrons. The molecule has 1 saturated carbocycles. The summed E-state index contributed by atoms with van der Waals surface area (Å²) in [6, 6.07) is 6.50. The lowest BCUT2D eigenvalue weighted by atomic mass is 10.0. The molecule has 1 aromatic heterocycles. The molecule has 8 heteroatoms. The van der Waals surface area contributed by atoms with Crippen LogP contribution in [0, 0.1) is 5.82 Å². The molecular weight excluding hydrogens is 349 g/mol. The van der Waals surface area contributed by atoms with Gasteiger partial charge in [-0.05, 0) is 37.8 Å². The minimum Gasteiger partial charge on any atom is -0.212 e. The SMILES string of the molecule is O=S(=O)(C1CC1)N1CCCC(c2nnc(-c3ccccc3F)s2)C1. The van der Waals surface area contributed by atoms with Crippen molar-refractivity contribution < 1.29 is 12.8 Å². The Labute approximate surface area is 144 Å². The monoisotopic (exact) mass is 367 g/mol. The maximum absolute atomic E-state index is 13.9. The van der Waals surface area contributed by atoms with Gasteiger partial charge < -0.3 is 0 Å². The zero-order valence-corrected chi connectivity index (χ0v) is 14.7. The van der Waals surface area contributed by atoms with Crippen LogP contribution in [0.4, 0.5) is 4.39 Å². The van der Waals surface area contributed by atoms with Gasteiger partial charge in [-0.15, -0.1) is 10.2 Å². The van der Waals surface area contributed by atoms with E-state index in [4.69, 9.17) is 0 Å². The van der Waals surface area contributed by atoms with Crippen molar-refractivity contribution in [2.45, 2.75) is 36.9 Å². The van der Waals surface area contributed by atoms with E-state index in [-0.39, 0.29) is 17.0 Å². The van der Waals surface area contributed by atoms with Crippen LogP contribution in [0.15, 0.2) is 24.3 Å². The Hall–Kier alpha value is -1.38. The molecule has 1 saturated heterocycles. The Kier molecular flexibility index (Phi) is 4.14. The maximum atomic E-state index is 13.9. The van der Waals surface area contributed by atoms with Crippen molar-refractivity contribution in [3.8, 4) is 10.6 Å². The number of hydrogen-bond acceptors (Lipinski definition) is 5. The van der Waals surface area contributed by atoms with E-state index < -0.39 is 10.0 Å². The second-order valence-electron chi connectivity index (χ2n) is 6.37. The fourth-order valence-electron chi connectivity index (χ4n) is 3.09. The lowest BCUT2D eigenvalue weighted by Crippen LogP contribution is -2.40. The molecule has 0 spiro atoms. The van der Waals surface area contributed by atoms with Crippen LogP contribution in [0.2, 0.25) is 0 Å². The molecule has 5 nitrogen and oxygen atoms in total. The first-order chi connectivity index (χ1) is 11.6. The third-order valence-corrected chi connectivity index (χ3v) is 8.07. The van der Waals surface area contributed by atoms with Gasteiger partial charge in [-0.2, -0.15) is 0 Å². The number of hydrogen-bond donors (Lipinski definition) is 0.